The van der Waals surface area contributed by atoms with Gasteiger partial charge in [0.05, 0.1) is 15.4 Å². The van der Waals surface area contributed by atoms with E-state index in [9.17, 15) is 0 Å². The van der Waals surface area contributed by atoms with E-state index in [1.807, 2.05) is 0 Å². The molecule has 0 amide bonds. The largest absolute Gasteiger partial charge is 0.118 e. The second-order valence-corrected chi connectivity index (χ2v) is 10.7. The van der Waals surface area contributed by atoms with Gasteiger partial charge in [-0.1, -0.05) is 55.1 Å². The molecule has 0 radical (unpaired) electrons. The van der Waals surface area contributed by atoms with Crippen molar-refractivity contribution in [2.75, 3.05) is 0 Å². The maximum absolute atomic E-state index is 6.85. The SMILES string of the molecule is ClC1=C(Cl)[C@]2(Cl)C(Cl)[C@@]1(Cl)[C@@H]1CC[C@@H](Br)[C@H](Br)CC[C@@H]12. The van der Waals surface area contributed by atoms with Gasteiger partial charge in [0.25, 0.3) is 0 Å². The van der Waals surface area contributed by atoms with Gasteiger partial charge in [-0.2, -0.15) is 0 Å². The Balaban J connectivity index is 2.03. The molecule has 20 heavy (non-hydrogen) atoms. The van der Waals surface area contributed by atoms with E-state index >= 15 is 0 Å². The molecule has 0 aromatic carbocycles. The van der Waals surface area contributed by atoms with Crippen molar-refractivity contribution >= 4 is 89.9 Å². The van der Waals surface area contributed by atoms with Gasteiger partial charge in [-0.05, 0) is 37.5 Å². The Morgan fingerprint density at radius 3 is 1.50 bits per heavy atom. The number of rotatable bonds is 0. The monoisotopic (exact) mass is 502 g/mol. The van der Waals surface area contributed by atoms with Crippen LogP contribution in [0.3, 0.4) is 0 Å². The van der Waals surface area contributed by atoms with E-state index in [1.165, 1.54) is 0 Å². The lowest BCUT2D eigenvalue weighted by molar-refractivity contribution is 0.264. The molecule has 3 aliphatic rings. The fourth-order valence-electron chi connectivity index (χ4n) is 4.01. The van der Waals surface area contributed by atoms with Crippen molar-refractivity contribution in [3.05, 3.63) is 10.1 Å². The Morgan fingerprint density at radius 2 is 1.15 bits per heavy atom. The molecule has 0 nitrogen and oxygen atoms in total. The standard InChI is InChI=1S/C13H13Br2Cl5/c14-7-3-1-5-6(2-4-8(7)15)13(20)10(17)9(16)12(5,19)11(13)18/h5-8,11H,1-4H2/t5-,6+,7-,8-,11?,12-,13+/m1/s1. The summed E-state index contributed by atoms with van der Waals surface area (Å²) >= 11 is 40.5. The van der Waals surface area contributed by atoms with Crippen molar-refractivity contribution in [3.8, 4) is 0 Å². The van der Waals surface area contributed by atoms with Crippen molar-refractivity contribution in [2.24, 2.45) is 11.8 Å². The van der Waals surface area contributed by atoms with Gasteiger partial charge in [0.1, 0.15) is 9.75 Å². The quantitative estimate of drug-likeness (QED) is 0.325. The summed E-state index contributed by atoms with van der Waals surface area (Å²) in [7, 11) is 0. The van der Waals surface area contributed by atoms with E-state index in [0.717, 1.165) is 25.7 Å². The van der Waals surface area contributed by atoms with Crippen LogP contribution in [-0.2, 0) is 0 Å². The highest BCUT2D eigenvalue weighted by Gasteiger charge is 2.73. The van der Waals surface area contributed by atoms with Crippen molar-refractivity contribution < 1.29 is 0 Å². The first-order valence-corrected chi connectivity index (χ1v) is 10.4. The number of allylic oxidation sites excluding steroid dienone is 2. The van der Waals surface area contributed by atoms with Gasteiger partial charge in [0, 0.05) is 9.65 Å². The highest BCUT2D eigenvalue weighted by molar-refractivity contribution is 9.12. The predicted molar refractivity (Wildman–Crippen MR) is 96.4 cm³/mol. The lowest BCUT2D eigenvalue weighted by Gasteiger charge is -2.40. The third kappa shape index (κ3) is 2.04. The lowest BCUT2D eigenvalue weighted by atomic mass is 9.75. The van der Waals surface area contributed by atoms with Gasteiger partial charge in [0.15, 0.2) is 0 Å². The van der Waals surface area contributed by atoms with E-state index in [1.54, 1.807) is 0 Å². The van der Waals surface area contributed by atoms with Crippen LogP contribution in [0.4, 0.5) is 0 Å². The predicted octanol–water partition coefficient (Wildman–Crippen LogP) is 6.60. The molecule has 7 atom stereocenters. The molecule has 0 N–H and O–H groups in total. The van der Waals surface area contributed by atoms with Crippen LogP contribution < -0.4 is 0 Å². The van der Waals surface area contributed by atoms with Crippen molar-refractivity contribution in [1.82, 2.24) is 0 Å². The maximum Gasteiger partial charge on any atom is 0.103 e. The summed E-state index contributed by atoms with van der Waals surface area (Å²) in [4.78, 5) is -0.751. The molecule has 0 aromatic rings. The number of hydrogen-bond donors (Lipinski definition) is 0. The van der Waals surface area contributed by atoms with Crippen molar-refractivity contribution in [2.45, 2.75) is 50.5 Å². The first-order chi connectivity index (χ1) is 9.25. The van der Waals surface area contributed by atoms with Gasteiger partial charge in [-0.15, -0.1) is 34.8 Å². The number of alkyl halides is 5. The fourth-order valence-corrected chi connectivity index (χ4v) is 7.74. The van der Waals surface area contributed by atoms with Crippen LogP contribution in [0.2, 0.25) is 0 Å². The molecule has 0 saturated heterocycles. The zero-order valence-corrected chi connectivity index (χ0v) is 17.3. The number of hydrogen-bond acceptors (Lipinski definition) is 0. The van der Waals surface area contributed by atoms with E-state index in [-0.39, 0.29) is 11.8 Å². The Bertz CT molecular complexity index is 430. The second-order valence-electron chi connectivity index (χ2n) is 5.93. The van der Waals surface area contributed by atoms with Gasteiger partial charge >= 0.3 is 0 Å². The van der Waals surface area contributed by atoms with Crippen LogP contribution in [0.1, 0.15) is 25.7 Å². The normalized spacial score (nSPS) is 55.6. The first-order valence-electron chi connectivity index (χ1n) is 6.61. The summed E-state index contributed by atoms with van der Waals surface area (Å²) < 4.78 is 0. The van der Waals surface area contributed by atoms with Crippen LogP contribution in [0.5, 0.6) is 0 Å². The molecule has 0 heterocycles. The molecule has 2 bridgehead atoms. The average Bonchev–Trinajstić information content (AvgIpc) is 2.65. The van der Waals surface area contributed by atoms with E-state index in [4.69, 9.17) is 58.0 Å². The molecule has 2 fully saturated rings. The molecule has 3 rings (SSSR count). The average molecular weight is 506 g/mol. The van der Waals surface area contributed by atoms with Gasteiger partial charge in [-0.25, -0.2) is 0 Å². The minimum absolute atomic E-state index is 0.180. The molecular formula is C13H13Br2Cl5. The molecular weight excluding hydrogens is 493 g/mol. The summed E-state index contributed by atoms with van der Waals surface area (Å²) in [6, 6.07) is 0. The molecule has 7 heteroatoms. The summed E-state index contributed by atoms with van der Waals surface area (Å²) in [5.74, 6) is 0.360. The molecule has 114 valence electrons. The second kappa shape index (κ2) is 5.60. The number of halogens is 7. The van der Waals surface area contributed by atoms with E-state index < -0.39 is 15.1 Å². The highest BCUT2D eigenvalue weighted by Crippen LogP contribution is 2.71. The molecule has 3 aliphatic carbocycles. The zero-order valence-electron chi connectivity index (χ0n) is 10.4. The number of fused-ring (bicyclic) bond motifs is 5. The summed E-state index contributed by atoms with van der Waals surface area (Å²) in [5.41, 5.74) is 0. The van der Waals surface area contributed by atoms with Gasteiger partial charge in [0.2, 0.25) is 0 Å². The topological polar surface area (TPSA) is 0 Å². The van der Waals surface area contributed by atoms with Crippen LogP contribution in [0.25, 0.3) is 0 Å². The van der Waals surface area contributed by atoms with Crippen LogP contribution in [0, 0.1) is 11.8 Å². The minimum atomic E-state index is -0.807. The molecule has 1 unspecified atom stereocenters. The maximum atomic E-state index is 6.85. The van der Waals surface area contributed by atoms with E-state index in [2.05, 4.69) is 31.9 Å². The summed E-state index contributed by atoms with van der Waals surface area (Å²) in [5, 5.41) is 0.465. The lowest BCUT2D eigenvalue weighted by Crippen LogP contribution is -2.39. The Morgan fingerprint density at radius 1 is 0.800 bits per heavy atom. The Hall–Kier alpha value is 2.15. The smallest absolute Gasteiger partial charge is 0.103 e. The van der Waals surface area contributed by atoms with Crippen LogP contribution >= 0.6 is 89.9 Å². The van der Waals surface area contributed by atoms with Crippen molar-refractivity contribution in [1.29, 1.82) is 0 Å². The van der Waals surface area contributed by atoms with E-state index in [0.29, 0.717) is 19.7 Å². The summed E-state index contributed by atoms with van der Waals surface area (Å²) in [6.07, 6.45) is 3.93. The molecule has 0 aromatic heterocycles. The van der Waals surface area contributed by atoms with Crippen molar-refractivity contribution in [3.63, 3.8) is 0 Å². The fraction of sp³-hybridized carbons (Fsp3) is 0.846. The molecule has 2 saturated carbocycles. The van der Waals surface area contributed by atoms with Gasteiger partial charge < -0.3 is 0 Å². The van der Waals surface area contributed by atoms with Gasteiger partial charge in [-0.3, -0.25) is 0 Å². The first kappa shape index (κ1) is 17.0. The highest BCUT2D eigenvalue weighted by atomic mass is 79.9. The Kier molecular flexibility index (Phi) is 4.76. The molecule has 0 aliphatic heterocycles. The minimum Gasteiger partial charge on any atom is -0.118 e. The zero-order chi connectivity index (χ0) is 14.9. The third-order valence-corrected chi connectivity index (χ3v) is 11.5. The molecule has 0 spiro atoms. The van der Waals surface area contributed by atoms with Crippen LogP contribution in [0.15, 0.2) is 10.1 Å². The summed E-state index contributed by atoms with van der Waals surface area (Å²) in [6.45, 7) is 0. The Labute approximate surface area is 161 Å². The van der Waals surface area contributed by atoms with Crippen LogP contribution in [-0.4, -0.2) is 24.8 Å². The third-order valence-electron chi connectivity index (χ3n) is 5.07.